The zero-order valence-corrected chi connectivity index (χ0v) is 17.4. The number of ether oxygens (including phenoxy) is 2. The first-order chi connectivity index (χ1) is 15.5. The zero-order chi connectivity index (χ0) is 22.5. The van der Waals surface area contributed by atoms with E-state index in [0.717, 1.165) is 22.1 Å². The van der Waals surface area contributed by atoms with Crippen molar-refractivity contribution < 1.29 is 23.5 Å². The molecular weight excluding hydrogens is 408 g/mol. The number of ketones is 1. The molecule has 0 N–H and O–H groups in total. The molecule has 6 nitrogen and oxygen atoms in total. The van der Waals surface area contributed by atoms with Gasteiger partial charge in [0.2, 0.25) is 0 Å². The van der Waals surface area contributed by atoms with Gasteiger partial charge in [0.05, 0.1) is 0 Å². The highest BCUT2D eigenvalue weighted by atomic mass is 16.6. The third-order valence-corrected chi connectivity index (χ3v) is 4.96. The largest absolute Gasteiger partial charge is 0.482 e. The van der Waals surface area contributed by atoms with Crippen LogP contribution in [0.5, 0.6) is 5.75 Å². The smallest absolute Gasteiger partial charge is 0.344 e. The van der Waals surface area contributed by atoms with Crippen molar-refractivity contribution in [3.63, 3.8) is 0 Å². The van der Waals surface area contributed by atoms with Crippen LogP contribution in [0.2, 0.25) is 0 Å². The molecule has 0 aliphatic heterocycles. The molecule has 0 amide bonds. The third kappa shape index (κ3) is 4.92. The van der Waals surface area contributed by atoms with E-state index in [0.29, 0.717) is 16.9 Å². The highest BCUT2D eigenvalue weighted by Crippen LogP contribution is 2.22. The highest BCUT2D eigenvalue weighted by molar-refractivity contribution is 5.98. The lowest BCUT2D eigenvalue weighted by atomic mass is 10.0. The van der Waals surface area contributed by atoms with E-state index in [2.05, 4.69) is 0 Å². The molecule has 0 fully saturated rings. The van der Waals surface area contributed by atoms with Gasteiger partial charge in [-0.3, -0.25) is 4.79 Å². The van der Waals surface area contributed by atoms with E-state index >= 15 is 0 Å². The molecule has 32 heavy (non-hydrogen) atoms. The average Bonchev–Trinajstić information content (AvgIpc) is 2.81. The van der Waals surface area contributed by atoms with Gasteiger partial charge in [0.1, 0.15) is 11.3 Å². The van der Waals surface area contributed by atoms with E-state index in [9.17, 15) is 14.4 Å². The summed E-state index contributed by atoms with van der Waals surface area (Å²) in [5.41, 5.74) is 3.21. The van der Waals surface area contributed by atoms with Crippen LogP contribution < -0.4 is 10.4 Å². The summed E-state index contributed by atoms with van der Waals surface area (Å²) in [6.07, 6.45) is 0. The van der Waals surface area contributed by atoms with Crippen LogP contribution in [0.15, 0.2) is 88.1 Å². The topological polar surface area (TPSA) is 82.8 Å². The fourth-order valence-corrected chi connectivity index (χ4v) is 3.29. The Morgan fingerprint density at radius 2 is 1.56 bits per heavy atom. The Morgan fingerprint density at radius 3 is 2.31 bits per heavy atom. The maximum Gasteiger partial charge on any atom is 0.344 e. The van der Waals surface area contributed by atoms with Gasteiger partial charge in [0.25, 0.3) is 0 Å². The summed E-state index contributed by atoms with van der Waals surface area (Å²) in [4.78, 5) is 35.8. The van der Waals surface area contributed by atoms with Crippen molar-refractivity contribution in [2.45, 2.75) is 6.92 Å². The number of hydrogen-bond acceptors (Lipinski definition) is 6. The van der Waals surface area contributed by atoms with E-state index in [1.54, 1.807) is 24.3 Å². The van der Waals surface area contributed by atoms with Crippen molar-refractivity contribution >= 4 is 22.7 Å². The fourth-order valence-electron chi connectivity index (χ4n) is 3.29. The number of rotatable bonds is 7. The molecular formula is C26H20O6. The number of carbonyl (C=O) groups excluding carboxylic acids is 2. The van der Waals surface area contributed by atoms with Gasteiger partial charge >= 0.3 is 11.6 Å². The van der Waals surface area contributed by atoms with Crippen molar-refractivity contribution in [1.82, 2.24) is 0 Å². The maximum atomic E-state index is 12.3. The summed E-state index contributed by atoms with van der Waals surface area (Å²) < 4.78 is 15.6. The fraction of sp³-hybridized carbons (Fsp3) is 0.115. The molecule has 4 rings (SSSR count). The lowest BCUT2D eigenvalue weighted by molar-refractivity contribution is -0.144. The second-order valence-electron chi connectivity index (χ2n) is 7.22. The van der Waals surface area contributed by atoms with Crippen LogP contribution in [0.1, 0.15) is 15.9 Å². The SMILES string of the molecule is Cc1cc(=O)oc2cc(OCC(=O)OCC(=O)c3ccc(-c4ccccc4)cc3)ccc12. The van der Waals surface area contributed by atoms with Crippen LogP contribution in [0, 0.1) is 6.92 Å². The highest BCUT2D eigenvalue weighted by Gasteiger charge is 2.12. The first-order valence-corrected chi connectivity index (χ1v) is 10.0. The molecule has 0 spiro atoms. The molecule has 1 heterocycles. The van der Waals surface area contributed by atoms with Gasteiger partial charge in [0, 0.05) is 23.1 Å². The summed E-state index contributed by atoms with van der Waals surface area (Å²) in [5.74, 6) is -0.628. The molecule has 0 saturated carbocycles. The minimum Gasteiger partial charge on any atom is -0.482 e. The van der Waals surface area contributed by atoms with Crippen molar-refractivity contribution in [2.24, 2.45) is 0 Å². The van der Waals surface area contributed by atoms with E-state index in [-0.39, 0.29) is 19.0 Å². The molecule has 0 radical (unpaired) electrons. The third-order valence-electron chi connectivity index (χ3n) is 4.96. The van der Waals surface area contributed by atoms with Gasteiger partial charge in [-0.2, -0.15) is 0 Å². The van der Waals surface area contributed by atoms with E-state index < -0.39 is 11.6 Å². The summed E-state index contributed by atoms with van der Waals surface area (Å²) in [6.45, 7) is 1.06. The first-order valence-electron chi connectivity index (χ1n) is 10.0. The molecule has 0 unspecified atom stereocenters. The van der Waals surface area contributed by atoms with Crippen LogP contribution >= 0.6 is 0 Å². The van der Waals surface area contributed by atoms with Crippen LogP contribution in [-0.2, 0) is 9.53 Å². The van der Waals surface area contributed by atoms with Crippen molar-refractivity contribution in [2.75, 3.05) is 13.2 Å². The summed E-state index contributed by atoms with van der Waals surface area (Å²) in [6, 6.07) is 23.3. The Hall–Kier alpha value is -4.19. The number of Topliss-reactive ketones (excluding diaryl/α,β-unsaturated/α-hetero) is 1. The lowest BCUT2D eigenvalue weighted by Crippen LogP contribution is -2.19. The zero-order valence-electron chi connectivity index (χ0n) is 17.4. The van der Waals surface area contributed by atoms with Gasteiger partial charge in [-0.1, -0.05) is 54.6 Å². The van der Waals surface area contributed by atoms with Crippen LogP contribution in [0.3, 0.4) is 0 Å². The van der Waals surface area contributed by atoms with Crippen LogP contribution in [-0.4, -0.2) is 25.0 Å². The number of esters is 1. The van der Waals surface area contributed by atoms with Crippen molar-refractivity contribution in [1.29, 1.82) is 0 Å². The number of benzene rings is 3. The standard InChI is InChI=1S/C26H20O6/c1-17-13-25(28)32-24-14-21(11-12-22(17)24)30-16-26(29)31-15-23(27)20-9-7-19(8-10-20)18-5-3-2-4-6-18/h2-14H,15-16H2,1H3. The van der Waals surface area contributed by atoms with Crippen LogP contribution in [0.25, 0.3) is 22.1 Å². The molecule has 6 heteroatoms. The van der Waals surface area contributed by atoms with Gasteiger partial charge < -0.3 is 13.9 Å². The van der Waals surface area contributed by atoms with Crippen molar-refractivity contribution in [3.8, 4) is 16.9 Å². The predicted octanol–water partition coefficient (Wildman–Crippen LogP) is 4.57. The second-order valence-corrected chi connectivity index (χ2v) is 7.22. The first kappa shape index (κ1) is 21.1. The Balaban J connectivity index is 1.30. The normalized spacial score (nSPS) is 10.7. The Morgan fingerprint density at radius 1 is 0.844 bits per heavy atom. The summed E-state index contributed by atoms with van der Waals surface area (Å²) in [5, 5.41) is 0.781. The Bertz CT molecular complexity index is 1320. The van der Waals surface area contributed by atoms with E-state index in [1.807, 2.05) is 49.4 Å². The quantitative estimate of drug-likeness (QED) is 0.244. The molecule has 0 aliphatic carbocycles. The maximum absolute atomic E-state index is 12.3. The molecule has 0 bridgehead atoms. The summed E-state index contributed by atoms with van der Waals surface area (Å²) in [7, 11) is 0. The van der Waals surface area contributed by atoms with E-state index in [4.69, 9.17) is 13.9 Å². The van der Waals surface area contributed by atoms with E-state index in [1.165, 1.54) is 12.1 Å². The van der Waals surface area contributed by atoms with Crippen molar-refractivity contribution in [3.05, 3.63) is 100 Å². The van der Waals surface area contributed by atoms with Gasteiger partial charge in [0.15, 0.2) is 19.0 Å². The minimum absolute atomic E-state index is 0.305. The monoisotopic (exact) mass is 428 g/mol. The molecule has 4 aromatic rings. The molecule has 3 aromatic carbocycles. The lowest BCUT2D eigenvalue weighted by Gasteiger charge is -2.08. The van der Waals surface area contributed by atoms with Gasteiger partial charge in [-0.05, 0) is 35.7 Å². The molecule has 0 saturated heterocycles. The molecule has 0 aliphatic rings. The second kappa shape index (κ2) is 9.31. The number of carbonyl (C=O) groups is 2. The number of hydrogen-bond donors (Lipinski definition) is 0. The van der Waals surface area contributed by atoms with Gasteiger partial charge in [-0.25, -0.2) is 9.59 Å². The molecule has 0 atom stereocenters. The Labute approximate surface area is 184 Å². The minimum atomic E-state index is -0.676. The average molecular weight is 428 g/mol. The van der Waals surface area contributed by atoms with Crippen LogP contribution in [0.4, 0.5) is 0 Å². The number of aryl methyl sites for hydroxylation is 1. The molecule has 160 valence electrons. The summed E-state index contributed by atoms with van der Waals surface area (Å²) >= 11 is 0. The predicted molar refractivity (Wildman–Crippen MR) is 120 cm³/mol. The van der Waals surface area contributed by atoms with Gasteiger partial charge in [-0.15, -0.1) is 0 Å². The number of fused-ring (bicyclic) bond motifs is 1. The Kier molecular flexibility index (Phi) is 6.12. The molecule has 1 aromatic heterocycles.